The van der Waals surface area contributed by atoms with Gasteiger partial charge in [0.2, 0.25) is 0 Å². The molecule has 1 atom stereocenters. The minimum atomic E-state index is -0.0885. The minimum absolute atomic E-state index is 0.0885. The summed E-state index contributed by atoms with van der Waals surface area (Å²) >= 11 is 1.24. The number of nitrogens with zero attached hydrogens (tertiary/aromatic N) is 1. The van der Waals surface area contributed by atoms with Gasteiger partial charge in [0, 0.05) is 18.7 Å². The molecule has 2 aromatic carbocycles. The number of carbonyl (C=O) groups excluding carboxylic acids is 1. The molecule has 0 aliphatic carbocycles. The highest BCUT2D eigenvalue weighted by Crippen LogP contribution is 2.44. The topological polar surface area (TPSA) is 64.4 Å². The average molecular weight is 533 g/mol. The maximum Gasteiger partial charge on any atom is 0.161 e. The number of nitrogens with one attached hydrogen (secondary N) is 1. The lowest BCUT2D eigenvalue weighted by molar-refractivity contribution is -0.104. The molecule has 1 heterocycles. The Kier molecular flexibility index (Phi) is 11.3. The van der Waals surface area contributed by atoms with Crippen molar-refractivity contribution in [1.82, 2.24) is 4.90 Å². The molecule has 0 saturated carbocycles. The number of aldehydes is 1. The molecule has 0 amide bonds. The third kappa shape index (κ3) is 7.63. The van der Waals surface area contributed by atoms with Crippen LogP contribution < -0.4 is 0 Å². The molecule has 1 fully saturated rings. The van der Waals surface area contributed by atoms with Gasteiger partial charge in [-0.15, -0.1) is 0 Å². The van der Waals surface area contributed by atoms with Crippen molar-refractivity contribution >= 4 is 29.3 Å². The number of aromatic hydroxyl groups is 1. The summed E-state index contributed by atoms with van der Waals surface area (Å²) in [5.41, 5.74) is 3.96. The summed E-state index contributed by atoms with van der Waals surface area (Å²) in [4.78, 5) is 14.5. The summed E-state index contributed by atoms with van der Waals surface area (Å²) < 4.78 is 0. The first-order valence-electron chi connectivity index (χ1n) is 14.1. The third-order valence-electron chi connectivity index (χ3n) is 7.94. The number of thioether (sulfide) groups is 1. The molecular weight excluding hydrogens is 488 g/mol. The number of phenols is 1. The maximum atomic E-state index is 11.9. The molecule has 1 unspecified atom stereocenters. The van der Waals surface area contributed by atoms with Gasteiger partial charge in [-0.2, -0.15) is 0 Å². The molecule has 204 valence electrons. The molecule has 4 nitrogen and oxygen atoms in total. The van der Waals surface area contributed by atoms with Crippen LogP contribution in [0.25, 0.3) is 17.2 Å². The van der Waals surface area contributed by atoms with E-state index in [-0.39, 0.29) is 5.41 Å². The van der Waals surface area contributed by atoms with Crippen LogP contribution in [0.15, 0.2) is 59.5 Å². The van der Waals surface area contributed by atoms with E-state index in [1.54, 1.807) is 0 Å². The molecule has 1 aliphatic heterocycles. The Hall–Kier alpha value is -2.79. The van der Waals surface area contributed by atoms with E-state index >= 15 is 0 Å². The second-order valence-corrected chi connectivity index (χ2v) is 11.6. The lowest BCUT2D eigenvalue weighted by Crippen LogP contribution is -2.33. The number of amidine groups is 1. The highest BCUT2D eigenvalue weighted by atomic mass is 32.2. The summed E-state index contributed by atoms with van der Waals surface area (Å²) in [6, 6.07) is 14.1. The Labute approximate surface area is 233 Å². The van der Waals surface area contributed by atoms with Crippen LogP contribution in [-0.4, -0.2) is 34.5 Å². The van der Waals surface area contributed by atoms with Crippen molar-refractivity contribution in [1.29, 1.82) is 5.41 Å². The zero-order valence-corrected chi connectivity index (χ0v) is 24.3. The standard InChI is InChI=1S/C33H44N2O2S/c1-5-8-13-25(4)23-33(6-2,7-3)30-22-28(16-17-31(30)37)27-15-12-14-26(20-27)21-29(24-36)38-32(34)35-18-10-9-11-19-35/h5,8,12,14-17,20-22,24-25,34,37H,6-7,9-11,13,18-19,23H2,1-4H3/b8-5?,29-21-,34-32?. The van der Waals surface area contributed by atoms with E-state index in [1.807, 2.05) is 30.3 Å². The molecule has 38 heavy (non-hydrogen) atoms. The van der Waals surface area contributed by atoms with Crippen molar-refractivity contribution in [3.05, 3.63) is 70.6 Å². The number of carbonyl (C=O) groups is 1. The smallest absolute Gasteiger partial charge is 0.161 e. The van der Waals surface area contributed by atoms with Gasteiger partial charge >= 0.3 is 0 Å². The minimum Gasteiger partial charge on any atom is -0.508 e. The SMILES string of the molecule is CC=CCC(C)CC(CC)(CC)c1cc(-c2cccc(/C=C(/C=O)SC(=N)N3CCCCC3)c2)ccc1O. The molecule has 2 N–H and O–H groups in total. The van der Waals surface area contributed by atoms with Crippen LogP contribution in [0.4, 0.5) is 0 Å². The largest absolute Gasteiger partial charge is 0.508 e. The van der Waals surface area contributed by atoms with Gasteiger partial charge in [-0.05, 0) is 116 Å². The maximum absolute atomic E-state index is 11.9. The van der Waals surface area contributed by atoms with Crippen molar-refractivity contribution in [3.8, 4) is 16.9 Å². The molecule has 2 aromatic rings. The Balaban J connectivity index is 1.89. The molecule has 5 heteroatoms. The normalized spacial score (nSPS) is 15.6. The predicted octanol–water partition coefficient (Wildman–Crippen LogP) is 8.80. The Morgan fingerprint density at radius 1 is 1.11 bits per heavy atom. The van der Waals surface area contributed by atoms with Crippen LogP contribution in [0.2, 0.25) is 0 Å². The molecule has 0 radical (unpaired) electrons. The highest BCUT2D eigenvalue weighted by Gasteiger charge is 2.32. The first-order valence-corrected chi connectivity index (χ1v) is 14.9. The summed E-state index contributed by atoms with van der Waals surface area (Å²) in [7, 11) is 0. The van der Waals surface area contributed by atoms with E-state index in [4.69, 9.17) is 5.41 Å². The first kappa shape index (κ1) is 29.8. The fraction of sp³-hybridized carbons (Fsp3) is 0.455. The van der Waals surface area contributed by atoms with Gasteiger partial charge in [0.05, 0.1) is 4.91 Å². The van der Waals surface area contributed by atoms with Crippen molar-refractivity contribution in [2.45, 2.75) is 78.1 Å². The lowest BCUT2D eigenvalue weighted by Gasteiger charge is -2.35. The van der Waals surface area contributed by atoms with Gasteiger partial charge in [0.1, 0.15) is 5.75 Å². The fourth-order valence-corrected chi connectivity index (χ4v) is 6.40. The summed E-state index contributed by atoms with van der Waals surface area (Å²) in [6.07, 6.45) is 14.5. The van der Waals surface area contributed by atoms with Gasteiger partial charge in [0.25, 0.3) is 0 Å². The van der Waals surface area contributed by atoms with E-state index in [0.717, 1.165) is 80.2 Å². The van der Waals surface area contributed by atoms with Crippen molar-refractivity contribution < 1.29 is 9.90 Å². The summed E-state index contributed by atoms with van der Waals surface area (Å²) in [5.74, 6) is 0.883. The fourth-order valence-electron chi connectivity index (χ4n) is 5.62. The monoisotopic (exact) mass is 532 g/mol. The molecule has 3 rings (SSSR count). The van der Waals surface area contributed by atoms with Gasteiger partial charge in [-0.1, -0.05) is 57.2 Å². The quantitative estimate of drug-likeness (QED) is 0.0998. The molecule has 0 spiro atoms. The van der Waals surface area contributed by atoms with Crippen LogP contribution >= 0.6 is 11.8 Å². The van der Waals surface area contributed by atoms with Crippen LogP contribution in [0.5, 0.6) is 5.75 Å². The Morgan fingerprint density at radius 3 is 2.47 bits per heavy atom. The van der Waals surface area contributed by atoms with Gasteiger partial charge < -0.3 is 10.0 Å². The zero-order valence-electron chi connectivity index (χ0n) is 23.5. The van der Waals surface area contributed by atoms with Crippen molar-refractivity contribution in [2.24, 2.45) is 5.92 Å². The molecule has 0 aromatic heterocycles. The molecule has 0 bridgehead atoms. The Morgan fingerprint density at radius 2 is 1.82 bits per heavy atom. The number of allylic oxidation sites excluding steroid dienone is 3. The first-order chi connectivity index (χ1) is 18.4. The number of piperidine rings is 1. The Bertz CT molecular complexity index is 1140. The number of benzene rings is 2. The van der Waals surface area contributed by atoms with E-state index in [9.17, 15) is 9.90 Å². The molecule has 1 aliphatic rings. The van der Waals surface area contributed by atoms with Crippen molar-refractivity contribution in [2.75, 3.05) is 13.1 Å². The van der Waals surface area contributed by atoms with Gasteiger partial charge in [-0.3, -0.25) is 10.2 Å². The summed E-state index contributed by atoms with van der Waals surface area (Å²) in [5, 5.41) is 19.9. The van der Waals surface area contributed by atoms with Crippen LogP contribution in [0.1, 0.15) is 83.8 Å². The second-order valence-electron chi connectivity index (χ2n) is 10.6. The number of rotatable bonds is 11. The third-order valence-corrected chi connectivity index (χ3v) is 8.84. The molecular formula is C33H44N2O2S. The molecule has 1 saturated heterocycles. The van der Waals surface area contributed by atoms with Crippen LogP contribution in [-0.2, 0) is 10.2 Å². The van der Waals surface area contributed by atoms with E-state index < -0.39 is 0 Å². The average Bonchev–Trinajstić information content (AvgIpc) is 2.95. The van der Waals surface area contributed by atoms with Gasteiger partial charge in [0.15, 0.2) is 11.5 Å². The number of hydrogen-bond acceptors (Lipinski definition) is 4. The predicted molar refractivity (Wildman–Crippen MR) is 164 cm³/mol. The van der Waals surface area contributed by atoms with E-state index in [1.165, 1.54) is 18.2 Å². The lowest BCUT2D eigenvalue weighted by atomic mass is 9.69. The highest BCUT2D eigenvalue weighted by molar-refractivity contribution is 8.17. The van der Waals surface area contributed by atoms with E-state index in [0.29, 0.717) is 21.7 Å². The van der Waals surface area contributed by atoms with E-state index in [2.05, 4.69) is 62.9 Å². The number of hydrogen-bond donors (Lipinski definition) is 2. The van der Waals surface area contributed by atoms with Crippen molar-refractivity contribution in [3.63, 3.8) is 0 Å². The number of phenolic OH excluding ortho intramolecular Hbond substituents is 1. The summed E-state index contributed by atoms with van der Waals surface area (Å²) in [6.45, 7) is 10.6. The van der Waals surface area contributed by atoms with Gasteiger partial charge in [-0.25, -0.2) is 0 Å². The zero-order chi connectivity index (χ0) is 27.5. The van der Waals surface area contributed by atoms with Crippen LogP contribution in [0, 0.1) is 11.3 Å². The number of likely N-dealkylation sites (tertiary alicyclic amines) is 1. The van der Waals surface area contributed by atoms with Crippen LogP contribution in [0.3, 0.4) is 0 Å². The second kappa shape index (κ2) is 14.4.